The number of thiazole rings is 4. The van der Waals surface area contributed by atoms with Crippen molar-refractivity contribution in [3.8, 4) is 51.8 Å². The third-order valence-corrected chi connectivity index (χ3v) is 19.8. The van der Waals surface area contributed by atoms with Gasteiger partial charge in [0.05, 0.1) is 55.9 Å². The average Bonchev–Trinajstić information content (AvgIpc) is 1.73. The van der Waals surface area contributed by atoms with Crippen molar-refractivity contribution in [3.05, 3.63) is 263 Å². The Kier molecular flexibility index (Phi) is 27.0. The number of methoxy groups -OCH3 is 1. The molecule has 0 saturated carbocycles. The van der Waals surface area contributed by atoms with E-state index in [1.807, 2.05) is 125 Å². The monoisotopic (exact) mass is 1560 g/mol. The summed E-state index contributed by atoms with van der Waals surface area (Å²) in [6.07, 6.45) is 9.73. The molecule has 0 bridgehead atoms. The number of allylic oxidation sites excluding steroid dienone is 4. The fraction of sp³-hybridized carbons (Fsp3) is 0.171. The molecule has 111 heavy (non-hydrogen) atoms. The van der Waals surface area contributed by atoms with Crippen LogP contribution >= 0.6 is 45.3 Å². The second-order valence-corrected chi connectivity index (χ2v) is 29.0. The number of rotatable bonds is 26. The minimum Gasteiger partial charge on any atom is -0.495 e. The lowest BCUT2D eigenvalue weighted by Gasteiger charge is -2.16. The molecule has 29 heteroatoms. The van der Waals surface area contributed by atoms with E-state index in [1.165, 1.54) is 30.6 Å². The molecule has 0 unspecified atom stereocenters. The molecule has 0 spiro atoms. The number of nitrogens with one attached hydrogen (secondary N) is 4. The number of benzene rings is 5. The number of carboxylic acids is 4. The highest BCUT2D eigenvalue weighted by atomic mass is 32.1. The molecule has 0 aliphatic carbocycles. The molecule has 25 nitrogen and oxygen atoms in total. The second kappa shape index (κ2) is 37.2. The zero-order valence-electron chi connectivity index (χ0n) is 62.1. The van der Waals surface area contributed by atoms with Gasteiger partial charge >= 0.3 is 23.9 Å². The van der Waals surface area contributed by atoms with E-state index in [4.69, 9.17) is 19.9 Å². The van der Waals surface area contributed by atoms with Gasteiger partial charge in [0.1, 0.15) is 51.8 Å². The van der Waals surface area contributed by atoms with Crippen molar-refractivity contribution >= 4 is 126 Å². The summed E-state index contributed by atoms with van der Waals surface area (Å²) in [6.45, 7) is 30.8. The number of hydrogen-bond acceptors (Lipinski definition) is 25. The van der Waals surface area contributed by atoms with Crippen LogP contribution in [0.25, 0.3) is 56.8 Å². The molecule has 0 radical (unpaired) electrons. The second-order valence-electron chi connectivity index (χ2n) is 24.8. The molecule has 13 aromatic rings. The summed E-state index contributed by atoms with van der Waals surface area (Å²) in [5.41, 5.74) is 14.6. The van der Waals surface area contributed by atoms with Crippen molar-refractivity contribution in [3.63, 3.8) is 0 Å². The fourth-order valence-corrected chi connectivity index (χ4v) is 13.5. The molecule has 8 heterocycles. The van der Waals surface area contributed by atoms with Gasteiger partial charge in [-0.05, 0) is 176 Å². The molecule has 0 fully saturated rings. The Hall–Kier alpha value is -13.0. The quantitative estimate of drug-likeness (QED) is 0.0233. The van der Waals surface area contributed by atoms with E-state index in [0.29, 0.717) is 89.4 Å². The van der Waals surface area contributed by atoms with Crippen LogP contribution in [0.3, 0.4) is 0 Å². The highest BCUT2D eigenvalue weighted by molar-refractivity contribution is 7.10. The molecule has 8 N–H and O–H groups in total. The van der Waals surface area contributed by atoms with Crippen LogP contribution in [-0.2, 0) is 36.9 Å². The van der Waals surface area contributed by atoms with Crippen molar-refractivity contribution in [1.29, 1.82) is 0 Å². The number of aromatic nitrogens is 12. The van der Waals surface area contributed by atoms with E-state index < -0.39 is 23.9 Å². The van der Waals surface area contributed by atoms with Gasteiger partial charge in [0.25, 0.3) is 0 Å². The number of hydrogen-bond donors (Lipinski definition) is 8. The summed E-state index contributed by atoms with van der Waals surface area (Å²) < 4.78 is 5.36. The van der Waals surface area contributed by atoms with Gasteiger partial charge in [-0.15, -0.1) is 71.7 Å². The molecule has 8 aromatic heterocycles. The molecular weight excluding hydrogens is 1480 g/mol. The maximum atomic E-state index is 11.2. The van der Waals surface area contributed by atoms with Crippen LogP contribution in [0.15, 0.2) is 175 Å². The summed E-state index contributed by atoms with van der Waals surface area (Å²) in [7, 11) is 1.49. The SMILES string of the molecule is C=CCc1c(C)nc(-c2csc(C)n2)nc1Nc1ccc(C(=O)O)cc1.C=CCc1c(C)nc(-c2csc(C)n2)nc1Nc1ccc(C(=O)O)cc1OC.C=CCc1c(C)nc(-c2csc(C)n2)nc1Nc1ccc(CC(=O)O)cc1.C=CCc1c(C)nc(-c2csc(C)n2)nc1Nc1ccc2cc(C(=O)O)ccc2c1. The lowest BCUT2D eigenvalue weighted by atomic mass is 10.1. The molecule has 5 aromatic carbocycles. The summed E-state index contributed by atoms with van der Waals surface area (Å²) in [5, 5.41) is 62.9. The van der Waals surface area contributed by atoms with Crippen molar-refractivity contribution < 1.29 is 44.3 Å². The Morgan fingerprint density at radius 1 is 0.378 bits per heavy atom. The Balaban J connectivity index is 0.000000157. The number of carbonyl (C=O) groups is 4. The van der Waals surface area contributed by atoms with Crippen molar-refractivity contribution in [2.24, 2.45) is 0 Å². The predicted octanol–water partition coefficient (Wildman–Crippen LogP) is 18.6. The minimum atomic E-state index is -1.02. The Labute approximate surface area is 656 Å². The number of aryl methyl sites for hydroxylation is 8. The van der Waals surface area contributed by atoms with E-state index in [1.54, 1.807) is 101 Å². The van der Waals surface area contributed by atoms with Crippen LogP contribution < -0.4 is 26.0 Å². The summed E-state index contributed by atoms with van der Waals surface area (Å²) in [6, 6.07) is 29.3. The first-order valence-corrected chi connectivity index (χ1v) is 37.9. The number of aliphatic carboxylic acids is 1. The van der Waals surface area contributed by atoms with E-state index in [9.17, 15) is 29.4 Å². The zero-order valence-corrected chi connectivity index (χ0v) is 65.4. The number of carboxylic acid groups (broad SMARTS) is 4. The van der Waals surface area contributed by atoms with Gasteiger partial charge in [0, 0.05) is 83.6 Å². The van der Waals surface area contributed by atoms with Gasteiger partial charge in [-0.1, -0.05) is 48.6 Å². The van der Waals surface area contributed by atoms with Crippen LogP contribution in [0.5, 0.6) is 5.75 Å². The number of fused-ring (bicyclic) bond motifs is 1. The first-order valence-electron chi connectivity index (χ1n) is 34.3. The highest BCUT2D eigenvalue weighted by Gasteiger charge is 2.21. The third-order valence-electron chi connectivity index (χ3n) is 16.7. The van der Waals surface area contributed by atoms with Gasteiger partial charge in [-0.2, -0.15) is 0 Å². The molecule has 0 atom stereocenters. The average molecular weight is 1560 g/mol. The normalized spacial score (nSPS) is 10.6. The molecule has 564 valence electrons. The highest BCUT2D eigenvalue weighted by Crippen LogP contribution is 2.35. The van der Waals surface area contributed by atoms with Gasteiger partial charge in [0.15, 0.2) is 23.3 Å². The summed E-state index contributed by atoms with van der Waals surface area (Å²) in [4.78, 5) is 99.3. The first-order chi connectivity index (χ1) is 53.3. The minimum absolute atomic E-state index is 0.00192. The standard InChI is InChI=1S/C23H20N4O2S.C20H20N4O3S.C20H20N4O2S.C19H18N4O2S/c1-4-5-19-13(2)24-22(20-12-30-14(3)25-20)27-21(19)26-18-9-8-15-10-17(23(28)29)7-6-16(15)11-18;1-5-6-14-11(2)21-19(16-10-28-12(3)22-16)24-18(14)23-15-8-7-13(20(25)26)9-17(15)27-4;1-4-5-16-12(2)21-20(17-11-27-13(3)22-17)24-19(16)23-15-8-6-14(7-9-15)10-18(25)26;1-4-5-15-11(2)20-18(16-10-26-12(3)21-16)23-17(15)22-14-8-6-13(7-9-14)19(24)25/h4,6-12H,1,5H2,2-3H3,(H,28,29)(H,24,26,27);5,7-10H,1,6H2,2-4H3,(H,25,26)(H,21,23,24);4,6-9,11H,1,5,10H2,2-3H3,(H,25,26)(H,21,23,24);4,6-10H,1,5H2,2-3H3,(H,24,25)(H,20,22,23). The van der Waals surface area contributed by atoms with Crippen LogP contribution in [0.2, 0.25) is 0 Å². The lowest BCUT2D eigenvalue weighted by molar-refractivity contribution is -0.136. The van der Waals surface area contributed by atoms with Crippen molar-refractivity contribution in [1.82, 2.24) is 59.8 Å². The Morgan fingerprint density at radius 3 is 1.04 bits per heavy atom. The van der Waals surface area contributed by atoms with Gasteiger partial charge in [-0.25, -0.2) is 74.2 Å². The van der Waals surface area contributed by atoms with E-state index in [-0.39, 0.29) is 23.1 Å². The molecule has 0 amide bonds. The van der Waals surface area contributed by atoms with Crippen molar-refractivity contribution in [2.45, 2.75) is 87.5 Å². The number of anilines is 8. The van der Waals surface area contributed by atoms with E-state index in [2.05, 4.69) is 102 Å². The number of nitrogens with zero attached hydrogens (tertiary/aromatic N) is 12. The van der Waals surface area contributed by atoms with Crippen LogP contribution in [0, 0.1) is 55.4 Å². The predicted molar refractivity (Wildman–Crippen MR) is 441 cm³/mol. The van der Waals surface area contributed by atoms with E-state index in [0.717, 1.165) is 116 Å². The zero-order chi connectivity index (χ0) is 79.6. The molecule has 13 rings (SSSR count). The van der Waals surface area contributed by atoms with Gasteiger partial charge in [0.2, 0.25) is 0 Å². The van der Waals surface area contributed by atoms with Crippen LogP contribution in [0.4, 0.5) is 46.0 Å². The largest absolute Gasteiger partial charge is 0.495 e. The number of aromatic carboxylic acids is 3. The molecular formula is C82H78N16O9S4. The maximum Gasteiger partial charge on any atom is 0.335 e. The molecule has 0 aliphatic heterocycles. The Bertz CT molecular complexity index is 5640. The molecule has 0 aliphatic rings. The fourth-order valence-electron chi connectivity index (χ4n) is 11.2. The smallest absolute Gasteiger partial charge is 0.335 e. The summed E-state index contributed by atoms with van der Waals surface area (Å²) in [5.74, 6) is 1.59. The Morgan fingerprint density at radius 2 is 0.694 bits per heavy atom. The lowest BCUT2D eigenvalue weighted by Crippen LogP contribution is -2.07. The summed E-state index contributed by atoms with van der Waals surface area (Å²) >= 11 is 6.21. The van der Waals surface area contributed by atoms with Crippen LogP contribution in [-0.4, -0.2) is 111 Å². The number of ether oxygens (including phenoxy) is 1. The van der Waals surface area contributed by atoms with Crippen molar-refractivity contribution in [2.75, 3.05) is 28.4 Å². The van der Waals surface area contributed by atoms with Gasteiger partial charge < -0.3 is 46.4 Å². The first kappa shape index (κ1) is 80.6. The maximum absolute atomic E-state index is 11.2. The van der Waals surface area contributed by atoms with E-state index >= 15 is 0 Å². The third kappa shape index (κ3) is 21.1. The van der Waals surface area contributed by atoms with Gasteiger partial charge in [-0.3, -0.25) is 4.79 Å². The topological polar surface area (TPSA) is 361 Å². The van der Waals surface area contributed by atoms with Crippen LogP contribution in [0.1, 0.15) is 102 Å². The molecule has 0 saturated heterocycles.